The standard InChI is InChI=1S/C25H30ClN7O4/c1-16-12-30(24(35)37-25(2,3)4)7-8-31(16)22-21-18(32-9-10-36-14-20(32)34)13-33(23(21)29-15-28-22)19-11-17(26)5-6-27-19/h5-6,11,13,15-16H,7-10,12,14H2,1-4H3/t16-/m0/s1. The third-order valence-electron chi connectivity index (χ3n) is 6.33. The van der Waals surface area contributed by atoms with Crippen LogP contribution in [0.15, 0.2) is 30.9 Å². The molecule has 0 aliphatic carbocycles. The normalized spacial score (nSPS) is 19.0. The Morgan fingerprint density at radius 1 is 1.19 bits per heavy atom. The van der Waals surface area contributed by atoms with Gasteiger partial charge in [-0.25, -0.2) is 19.7 Å². The number of amides is 2. The molecule has 0 saturated carbocycles. The highest BCUT2D eigenvalue weighted by molar-refractivity contribution is 6.30. The maximum Gasteiger partial charge on any atom is 0.410 e. The Kier molecular flexibility index (Phi) is 6.67. The second-order valence-electron chi connectivity index (χ2n) is 10.2. The van der Waals surface area contributed by atoms with Gasteiger partial charge in [0, 0.05) is 55.7 Å². The summed E-state index contributed by atoms with van der Waals surface area (Å²) in [6, 6.07) is 3.39. The van der Waals surface area contributed by atoms with Gasteiger partial charge in [0.2, 0.25) is 0 Å². The zero-order chi connectivity index (χ0) is 26.3. The molecule has 0 bridgehead atoms. The first-order valence-electron chi connectivity index (χ1n) is 12.2. The summed E-state index contributed by atoms with van der Waals surface area (Å²) >= 11 is 6.26. The van der Waals surface area contributed by atoms with Gasteiger partial charge >= 0.3 is 6.09 Å². The minimum absolute atomic E-state index is 0.01000. The van der Waals surface area contributed by atoms with E-state index in [1.165, 1.54) is 6.33 Å². The van der Waals surface area contributed by atoms with Crippen LogP contribution in [-0.4, -0.2) is 87.5 Å². The van der Waals surface area contributed by atoms with Crippen LogP contribution < -0.4 is 9.80 Å². The second-order valence-corrected chi connectivity index (χ2v) is 10.6. The summed E-state index contributed by atoms with van der Waals surface area (Å²) in [6.07, 6.45) is 4.66. The number of halogens is 1. The number of rotatable bonds is 3. The van der Waals surface area contributed by atoms with Crippen molar-refractivity contribution in [3.05, 3.63) is 35.9 Å². The number of pyridine rings is 1. The number of aromatic nitrogens is 4. The van der Waals surface area contributed by atoms with Gasteiger partial charge in [0.25, 0.3) is 5.91 Å². The van der Waals surface area contributed by atoms with Crippen molar-refractivity contribution in [3.63, 3.8) is 0 Å². The molecule has 2 fully saturated rings. The fourth-order valence-corrected chi connectivity index (χ4v) is 4.84. The summed E-state index contributed by atoms with van der Waals surface area (Å²) in [5, 5.41) is 1.27. The van der Waals surface area contributed by atoms with Crippen molar-refractivity contribution in [2.45, 2.75) is 39.3 Å². The zero-order valence-corrected chi connectivity index (χ0v) is 22.1. The van der Waals surface area contributed by atoms with Crippen molar-refractivity contribution in [1.29, 1.82) is 0 Å². The van der Waals surface area contributed by atoms with E-state index in [-0.39, 0.29) is 24.6 Å². The third kappa shape index (κ3) is 5.05. The number of hydrogen-bond donors (Lipinski definition) is 0. The predicted octanol–water partition coefficient (Wildman–Crippen LogP) is 3.28. The van der Waals surface area contributed by atoms with Gasteiger partial charge in [-0.1, -0.05) is 11.6 Å². The van der Waals surface area contributed by atoms with Crippen molar-refractivity contribution in [2.24, 2.45) is 0 Å². The summed E-state index contributed by atoms with van der Waals surface area (Å²) in [5.41, 5.74) is 0.728. The van der Waals surface area contributed by atoms with Crippen LogP contribution >= 0.6 is 11.6 Å². The predicted molar refractivity (Wildman–Crippen MR) is 139 cm³/mol. The van der Waals surface area contributed by atoms with E-state index in [1.54, 1.807) is 28.1 Å². The Bertz CT molecular complexity index is 1340. The lowest BCUT2D eigenvalue weighted by atomic mass is 10.1. The van der Waals surface area contributed by atoms with E-state index in [9.17, 15) is 9.59 Å². The summed E-state index contributed by atoms with van der Waals surface area (Å²) < 4.78 is 12.8. The molecule has 5 heterocycles. The zero-order valence-electron chi connectivity index (χ0n) is 21.3. The Balaban J connectivity index is 1.56. The van der Waals surface area contributed by atoms with Crippen LogP contribution in [0, 0.1) is 0 Å². The summed E-state index contributed by atoms with van der Waals surface area (Å²) in [6.45, 7) is 9.97. The monoisotopic (exact) mass is 527 g/mol. The number of carbonyl (C=O) groups excluding carboxylic acids is 2. The van der Waals surface area contributed by atoms with E-state index in [0.717, 1.165) is 5.39 Å². The highest BCUT2D eigenvalue weighted by atomic mass is 35.5. The van der Waals surface area contributed by atoms with Gasteiger partial charge in [0.1, 0.15) is 30.2 Å². The van der Waals surface area contributed by atoms with Gasteiger partial charge in [-0.15, -0.1) is 0 Å². The van der Waals surface area contributed by atoms with Crippen LogP contribution in [0.2, 0.25) is 5.02 Å². The first kappa shape index (κ1) is 25.2. The number of piperazine rings is 1. The molecule has 0 aromatic carbocycles. The van der Waals surface area contributed by atoms with Gasteiger partial charge in [-0.2, -0.15) is 0 Å². The Morgan fingerprint density at radius 3 is 2.70 bits per heavy atom. The largest absolute Gasteiger partial charge is 0.444 e. The van der Waals surface area contributed by atoms with E-state index in [2.05, 4.69) is 19.9 Å². The molecule has 5 rings (SSSR count). The van der Waals surface area contributed by atoms with Crippen LogP contribution in [0.3, 0.4) is 0 Å². The van der Waals surface area contributed by atoms with Gasteiger partial charge < -0.3 is 24.2 Å². The number of fused-ring (bicyclic) bond motifs is 1. The summed E-state index contributed by atoms with van der Waals surface area (Å²) in [4.78, 5) is 44.8. The van der Waals surface area contributed by atoms with E-state index >= 15 is 0 Å². The molecule has 1 atom stereocenters. The van der Waals surface area contributed by atoms with Crippen LogP contribution in [-0.2, 0) is 14.3 Å². The smallest absolute Gasteiger partial charge is 0.410 e. The van der Waals surface area contributed by atoms with Gasteiger partial charge in [0.05, 0.1) is 17.7 Å². The van der Waals surface area contributed by atoms with Crippen molar-refractivity contribution >= 4 is 46.1 Å². The van der Waals surface area contributed by atoms with Crippen LogP contribution in [0.25, 0.3) is 16.9 Å². The molecule has 0 N–H and O–H groups in total. The second kappa shape index (κ2) is 9.79. The number of ether oxygens (including phenoxy) is 2. The maximum atomic E-state index is 12.9. The number of carbonyl (C=O) groups is 2. The summed E-state index contributed by atoms with van der Waals surface area (Å²) in [5.74, 6) is 1.13. The number of anilines is 2. The van der Waals surface area contributed by atoms with E-state index < -0.39 is 5.60 Å². The van der Waals surface area contributed by atoms with Crippen molar-refractivity contribution in [1.82, 2.24) is 24.4 Å². The molecule has 2 amide bonds. The fraction of sp³-hybridized carbons (Fsp3) is 0.480. The molecule has 3 aromatic heterocycles. The molecular weight excluding hydrogens is 498 g/mol. The van der Waals surface area contributed by atoms with Crippen LogP contribution in [0.5, 0.6) is 0 Å². The third-order valence-corrected chi connectivity index (χ3v) is 6.56. The van der Waals surface area contributed by atoms with Gasteiger partial charge in [-0.05, 0) is 33.8 Å². The number of morpholine rings is 1. The van der Waals surface area contributed by atoms with Crippen LogP contribution in [0.4, 0.5) is 16.3 Å². The topological polar surface area (TPSA) is 106 Å². The highest BCUT2D eigenvalue weighted by Crippen LogP contribution is 2.38. The minimum Gasteiger partial charge on any atom is -0.444 e. The molecular formula is C25H30ClN7O4. The molecule has 0 radical (unpaired) electrons. The molecule has 196 valence electrons. The average molecular weight is 528 g/mol. The van der Waals surface area contributed by atoms with Crippen molar-refractivity contribution in [3.8, 4) is 5.82 Å². The van der Waals surface area contributed by atoms with E-state index in [1.807, 2.05) is 38.5 Å². The molecule has 0 unspecified atom stereocenters. The first-order valence-corrected chi connectivity index (χ1v) is 12.6. The molecule has 11 nitrogen and oxygen atoms in total. The minimum atomic E-state index is -0.562. The first-order chi connectivity index (χ1) is 17.6. The lowest BCUT2D eigenvalue weighted by Gasteiger charge is -2.41. The number of hydrogen-bond acceptors (Lipinski definition) is 8. The van der Waals surface area contributed by atoms with E-state index in [0.29, 0.717) is 60.8 Å². The molecule has 37 heavy (non-hydrogen) atoms. The fourth-order valence-electron chi connectivity index (χ4n) is 4.69. The Labute approximate surface area is 219 Å². The molecule has 2 aliphatic heterocycles. The van der Waals surface area contributed by atoms with Crippen molar-refractivity contribution in [2.75, 3.05) is 49.2 Å². The molecule has 12 heteroatoms. The summed E-state index contributed by atoms with van der Waals surface area (Å²) in [7, 11) is 0. The molecule has 2 saturated heterocycles. The van der Waals surface area contributed by atoms with Crippen LogP contribution in [0.1, 0.15) is 27.7 Å². The van der Waals surface area contributed by atoms with Crippen molar-refractivity contribution < 1.29 is 19.1 Å². The quantitative estimate of drug-likeness (QED) is 0.511. The van der Waals surface area contributed by atoms with E-state index in [4.69, 9.17) is 21.1 Å². The lowest BCUT2D eigenvalue weighted by Crippen LogP contribution is -2.55. The average Bonchev–Trinajstić information content (AvgIpc) is 3.23. The number of nitrogens with zero attached hydrogens (tertiary/aromatic N) is 7. The molecule has 2 aliphatic rings. The molecule has 0 spiro atoms. The molecule has 3 aromatic rings. The van der Waals surface area contributed by atoms with Gasteiger partial charge in [-0.3, -0.25) is 9.36 Å². The lowest BCUT2D eigenvalue weighted by molar-refractivity contribution is -0.125. The Hall–Kier alpha value is -3.44. The highest BCUT2D eigenvalue weighted by Gasteiger charge is 2.34. The SMILES string of the molecule is C[C@H]1CN(C(=O)OC(C)(C)C)CCN1c1ncnc2c1c(N1CCOCC1=O)cn2-c1cc(Cl)ccn1. The van der Waals surface area contributed by atoms with Gasteiger partial charge in [0.15, 0.2) is 5.65 Å². The Morgan fingerprint density at radius 2 is 2.00 bits per heavy atom. The maximum absolute atomic E-state index is 12.9.